The molecule has 0 saturated carbocycles. The molecule has 0 saturated heterocycles. The average Bonchev–Trinajstić information content (AvgIpc) is 3.31. The summed E-state index contributed by atoms with van der Waals surface area (Å²) in [7, 11) is 0. The molecule has 2 heterocycles. The van der Waals surface area contributed by atoms with E-state index in [0.717, 1.165) is 22.7 Å². The molecule has 0 aliphatic rings. The van der Waals surface area contributed by atoms with Crippen LogP contribution in [0.4, 0.5) is 22.1 Å². The number of nitrogens with two attached hydrogens (primary N) is 1. The minimum absolute atomic E-state index is 0.0354. The Morgan fingerprint density at radius 3 is 2.44 bits per heavy atom. The zero-order chi connectivity index (χ0) is 28.2. The first kappa shape index (κ1) is 26.9. The molecule has 0 unspecified atom stereocenters. The molecule has 0 fully saturated rings. The molecule has 200 valence electrons. The largest absolute Gasteiger partial charge is 0.494 e. The van der Waals surface area contributed by atoms with Gasteiger partial charge in [0.1, 0.15) is 35.5 Å². The van der Waals surface area contributed by atoms with Gasteiger partial charge in [-0.15, -0.1) is 0 Å². The molecular formula is C28H30N8O3. The maximum atomic E-state index is 13.0. The molecule has 2 aromatic heterocycles. The van der Waals surface area contributed by atoms with Gasteiger partial charge in [0.05, 0.1) is 18.0 Å². The van der Waals surface area contributed by atoms with Gasteiger partial charge in [-0.2, -0.15) is 10.4 Å². The van der Waals surface area contributed by atoms with E-state index >= 15 is 0 Å². The van der Waals surface area contributed by atoms with Crippen molar-refractivity contribution in [2.24, 2.45) is 0 Å². The molecule has 0 bridgehead atoms. The molecule has 0 aliphatic heterocycles. The number of aromatic nitrogens is 4. The summed E-state index contributed by atoms with van der Waals surface area (Å²) in [5, 5.41) is 19.8. The van der Waals surface area contributed by atoms with Gasteiger partial charge in [0.2, 0.25) is 5.88 Å². The van der Waals surface area contributed by atoms with E-state index < -0.39 is 6.03 Å². The lowest BCUT2D eigenvalue weighted by atomic mass is 9.92. The normalized spacial score (nSPS) is 11.0. The number of nitriles is 1. The highest BCUT2D eigenvalue weighted by molar-refractivity contribution is 6.00. The van der Waals surface area contributed by atoms with Crippen LogP contribution in [0.5, 0.6) is 17.4 Å². The quantitative estimate of drug-likeness (QED) is 0.283. The highest BCUT2D eigenvalue weighted by Gasteiger charge is 2.22. The lowest BCUT2D eigenvalue weighted by molar-refractivity contribution is 0.262. The molecular weight excluding hydrogens is 496 g/mol. The van der Waals surface area contributed by atoms with Gasteiger partial charge in [0.25, 0.3) is 0 Å². The molecule has 2 amide bonds. The highest BCUT2D eigenvalue weighted by Crippen LogP contribution is 2.29. The number of carbonyl (C=O) groups excluding carboxylic acids is 1. The first-order valence-corrected chi connectivity index (χ1v) is 12.3. The number of aryl methyl sites for hydroxylation is 1. The number of nitrogens with zero attached hydrogens (tertiary/aromatic N) is 5. The smallest absolute Gasteiger partial charge is 0.324 e. The second-order valence-corrected chi connectivity index (χ2v) is 9.71. The topological polar surface area (TPSA) is 153 Å². The number of nitrogen functional groups attached to an aromatic ring is 1. The molecule has 0 atom stereocenters. The Kier molecular flexibility index (Phi) is 7.67. The lowest BCUT2D eigenvalue weighted by Gasteiger charge is -2.14. The lowest BCUT2D eigenvalue weighted by Crippen LogP contribution is -2.21. The number of nitrogens with one attached hydrogen (secondary N) is 2. The SMILES string of the molecule is CCOc1ccc(-n2nc(C(C)(C)C)cc2NC(=O)Nc2ccc(Oc3ncnc(N)c3C#N)cc2C)cc1. The van der Waals surface area contributed by atoms with E-state index in [1.54, 1.807) is 22.9 Å². The van der Waals surface area contributed by atoms with E-state index in [2.05, 4.69) is 41.4 Å². The summed E-state index contributed by atoms with van der Waals surface area (Å²) in [6, 6.07) is 15.9. The van der Waals surface area contributed by atoms with Crippen molar-refractivity contribution in [3.05, 3.63) is 71.7 Å². The standard InChI is InChI=1S/C28H30N8O3/c1-6-38-19-9-7-18(8-10-19)36-24(14-23(35-36)28(3,4)5)34-27(37)33-22-12-11-20(13-17(22)2)39-26-21(15-29)25(30)31-16-32-26/h7-14,16H,6H2,1-5H3,(H2,30,31,32)(H2,33,34,37). The number of benzene rings is 2. The number of urea groups is 1. The number of amides is 2. The molecule has 0 aliphatic carbocycles. The van der Waals surface area contributed by atoms with Crippen LogP contribution >= 0.6 is 0 Å². The van der Waals surface area contributed by atoms with Crippen LogP contribution in [0, 0.1) is 18.3 Å². The summed E-state index contributed by atoms with van der Waals surface area (Å²) in [5.74, 6) is 1.79. The van der Waals surface area contributed by atoms with Gasteiger partial charge in [-0.25, -0.2) is 19.4 Å². The monoisotopic (exact) mass is 526 g/mol. The van der Waals surface area contributed by atoms with Crippen LogP contribution in [0.2, 0.25) is 0 Å². The molecule has 0 spiro atoms. The molecule has 4 aromatic rings. The van der Waals surface area contributed by atoms with Crippen molar-refractivity contribution >= 4 is 23.4 Å². The highest BCUT2D eigenvalue weighted by atomic mass is 16.5. The Labute approximate surface area is 226 Å². The van der Waals surface area contributed by atoms with E-state index in [9.17, 15) is 10.1 Å². The average molecular weight is 527 g/mol. The summed E-state index contributed by atoms with van der Waals surface area (Å²) >= 11 is 0. The van der Waals surface area contributed by atoms with Crippen LogP contribution in [0.15, 0.2) is 54.9 Å². The van der Waals surface area contributed by atoms with Crippen molar-refractivity contribution in [2.75, 3.05) is 23.0 Å². The maximum absolute atomic E-state index is 13.0. The summed E-state index contributed by atoms with van der Waals surface area (Å²) in [6.07, 6.45) is 1.22. The number of anilines is 3. The van der Waals surface area contributed by atoms with Gasteiger partial charge in [0, 0.05) is 17.2 Å². The van der Waals surface area contributed by atoms with Crippen LogP contribution in [0.1, 0.15) is 44.5 Å². The number of ether oxygens (including phenoxy) is 2. The summed E-state index contributed by atoms with van der Waals surface area (Å²) in [6.45, 7) is 10.5. The predicted octanol–water partition coefficient (Wildman–Crippen LogP) is 5.56. The fraction of sp³-hybridized carbons (Fsp3) is 0.250. The van der Waals surface area contributed by atoms with Gasteiger partial charge in [-0.3, -0.25) is 5.32 Å². The third kappa shape index (κ3) is 6.24. The molecule has 39 heavy (non-hydrogen) atoms. The summed E-state index contributed by atoms with van der Waals surface area (Å²) in [5.41, 5.74) is 8.47. The van der Waals surface area contributed by atoms with Crippen molar-refractivity contribution in [3.8, 4) is 29.1 Å². The number of hydrogen-bond donors (Lipinski definition) is 3. The minimum Gasteiger partial charge on any atom is -0.494 e. The van der Waals surface area contributed by atoms with Crippen LogP contribution in [-0.2, 0) is 5.41 Å². The van der Waals surface area contributed by atoms with Gasteiger partial charge in [-0.05, 0) is 61.9 Å². The van der Waals surface area contributed by atoms with Crippen molar-refractivity contribution in [3.63, 3.8) is 0 Å². The molecule has 4 N–H and O–H groups in total. The predicted molar refractivity (Wildman–Crippen MR) is 148 cm³/mol. The van der Waals surface area contributed by atoms with Gasteiger partial charge in [-0.1, -0.05) is 20.8 Å². The second kappa shape index (κ2) is 11.1. The third-order valence-corrected chi connectivity index (χ3v) is 5.73. The number of rotatable bonds is 7. The fourth-order valence-corrected chi connectivity index (χ4v) is 3.67. The molecule has 11 nitrogen and oxygen atoms in total. The van der Waals surface area contributed by atoms with E-state index in [1.165, 1.54) is 6.33 Å². The van der Waals surface area contributed by atoms with Crippen molar-refractivity contribution in [2.45, 2.75) is 40.0 Å². The van der Waals surface area contributed by atoms with Crippen molar-refractivity contribution < 1.29 is 14.3 Å². The Hall–Kier alpha value is -5.11. The van der Waals surface area contributed by atoms with E-state index in [4.69, 9.17) is 20.3 Å². The first-order valence-electron chi connectivity index (χ1n) is 12.3. The Balaban J connectivity index is 1.53. The zero-order valence-corrected chi connectivity index (χ0v) is 22.4. The first-order chi connectivity index (χ1) is 18.6. The molecule has 2 aromatic carbocycles. The van der Waals surface area contributed by atoms with Gasteiger partial charge in [0.15, 0.2) is 5.56 Å². The Bertz CT molecular complexity index is 1530. The van der Waals surface area contributed by atoms with Crippen LogP contribution in [0.25, 0.3) is 5.69 Å². The van der Waals surface area contributed by atoms with Crippen LogP contribution in [0.3, 0.4) is 0 Å². The molecule has 11 heteroatoms. The number of carbonyl (C=O) groups is 1. The van der Waals surface area contributed by atoms with Crippen molar-refractivity contribution in [1.82, 2.24) is 19.7 Å². The van der Waals surface area contributed by atoms with E-state index in [0.29, 0.717) is 23.9 Å². The minimum atomic E-state index is -0.436. The zero-order valence-electron chi connectivity index (χ0n) is 22.4. The van der Waals surface area contributed by atoms with Crippen LogP contribution in [-0.4, -0.2) is 32.4 Å². The summed E-state index contributed by atoms with van der Waals surface area (Å²) < 4.78 is 13.0. The van der Waals surface area contributed by atoms with E-state index in [-0.39, 0.29) is 22.7 Å². The van der Waals surface area contributed by atoms with Crippen LogP contribution < -0.4 is 25.8 Å². The molecule has 0 radical (unpaired) electrons. The van der Waals surface area contributed by atoms with Crippen molar-refractivity contribution in [1.29, 1.82) is 5.26 Å². The Morgan fingerprint density at radius 2 is 1.79 bits per heavy atom. The van der Waals surface area contributed by atoms with E-state index in [1.807, 2.05) is 50.2 Å². The molecule has 4 rings (SSSR count). The maximum Gasteiger partial charge on any atom is 0.324 e. The van der Waals surface area contributed by atoms with Gasteiger partial charge >= 0.3 is 6.03 Å². The second-order valence-electron chi connectivity index (χ2n) is 9.71. The third-order valence-electron chi connectivity index (χ3n) is 5.73. The summed E-state index contributed by atoms with van der Waals surface area (Å²) in [4.78, 5) is 20.8. The van der Waals surface area contributed by atoms with Gasteiger partial charge < -0.3 is 20.5 Å². The number of hydrogen-bond acceptors (Lipinski definition) is 8. The fourth-order valence-electron chi connectivity index (χ4n) is 3.67. The Morgan fingerprint density at radius 1 is 1.08 bits per heavy atom.